The van der Waals surface area contributed by atoms with E-state index in [0.717, 1.165) is 16.0 Å². The van der Waals surface area contributed by atoms with Crippen molar-refractivity contribution in [1.82, 2.24) is 4.98 Å². The first-order valence-corrected chi connectivity index (χ1v) is 9.02. The second-order valence-electron chi connectivity index (χ2n) is 6.00. The first-order chi connectivity index (χ1) is 11.9. The molecule has 8 heteroatoms. The zero-order chi connectivity index (χ0) is 17.7. The Morgan fingerprint density at radius 2 is 2.04 bits per heavy atom. The van der Waals surface area contributed by atoms with Crippen LogP contribution >= 0.6 is 23.4 Å². The molecular formula is C17H14ClF2N3OS. The Kier molecular flexibility index (Phi) is 3.88. The van der Waals surface area contributed by atoms with Gasteiger partial charge in [-0.3, -0.25) is 4.98 Å². The Labute approximate surface area is 152 Å². The summed E-state index contributed by atoms with van der Waals surface area (Å²) in [6.45, 7) is -0.768. The molecule has 130 valence electrons. The van der Waals surface area contributed by atoms with Gasteiger partial charge in [0.2, 0.25) is 0 Å². The predicted octanol–water partition coefficient (Wildman–Crippen LogP) is 4.07. The summed E-state index contributed by atoms with van der Waals surface area (Å²) in [5, 5.41) is 0.484. The minimum atomic E-state index is -3.14. The molecule has 0 fully saturated rings. The molecule has 1 spiro atoms. The molecule has 2 N–H and O–H groups in total. The summed E-state index contributed by atoms with van der Waals surface area (Å²) in [6, 6.07) is 7.01. The van der Waals surface area contributed by atoms with E-state index < -0.39 is 18.1 Å². The molecule has 2 aromatic rings. The number of benzene rings is 1. The van der Waals surface area contributed by atoms with Crippen LogP contribution in [-0.4, -0.2) is 29.3 Å². The number of nitrogens with two attached hydrogens (primary N) is 1. The van der Waals surface area contributed by atoms with Crippen molar-refractivity contribution in [2.75, 3.05) is 12.4 Å². The normalized spacial score (nSPS) is 24.4. The van der Waals surface area contributed by atoms with Gasteiger partial charge >= 0.3 is 5.92 Å². The van der Waals surface area contributed by atoms with E-state index in [2.05, 4.69) is 9.98 Å². The molecule has 0 saturated carbocycles. The molecule has 25 heavy (non-hydrogen) atoms. The standard InChI is InChI=1S/C17H14ClF2N3OS/c18-12-5-11(7-22-8-12)10-1-2-14-13(6-10)16(3-4-25-14)17(19,20)9-24-15(21)23-16/h1-2,5-8H,3-4,9H2,(H2,21,23). The van der Waals surface area contributed by atoms with Crippen LogP contribution in [0.2, 0.25) is 5.02 Å². The van der Waals surface area contributed by atoms with Gasteiger partial charge < -0.3 is 10.5 Å². The second kappa shape index (κ2) is 5.85. The van der Waals surface area contributed by atoms with Crippen molar-refractivity contribution >= 4 is 29.4 Å². The third-order valence-corrected chi connectivity index (χ3v) is 5.77. The van der Waals surface area contributed by atoms with E-state index in [9.17, 15) is 8.78 Å². The van der Waals surface area contributed by atoms with Gasteiger partial charge in [-0.15, -0.1) is 11.8 Å². The number of halogens is 3. The number of pyridine rings is 1. The number of fused-ring (bicyclic) bond motifs is 2. The van der Waals surface area contributed by atoms with Crippen LogP contribution in [-0.2, 0) is 10.3 Å². The van der Waals surface area contributed by atoms with Gasteiger partial charge in [-0.2, -0.15) is 8.78 Å². The molecular weight excluding hydrogens is 368 g/mol. The minimum absolute atomic E-state index is 0.193. The van der Waals surface area contributed by atoms with Crippen LogP contribution in [0.4, 0.5) is 8.78 Å². The van der Waals surface area contributed by atoms with E-state index >= 15 is 0 Å². The Hall–Kier alpha value is -1.86. The van der Waals surface area contributed by atoms with E-state index in [4.69, 9.17) is 22.1 Å². The summed E-state index contributed by atoms with van der Waals surface area (Å²) in [4.78, 5) is 8.93. The fraction of sp³-hybridized carbons (Fsp3) is 0.294. The molecule has 0 amide bonds. The van der Waals surface area contributed by atoms with Gasteiger partial charge in [0.1, 0.15) is 0 Å². The number of aliphatic imine (C=N–C) groups is 1. The van der Waals surface area contributed by atoms with Crippen molar-refractivity contribution in [2.24, 2.45) is 10.7 Å². The summed E-state index contributed by atoms with van der Waals surface area (Å²) >= 11 is 7.54. The number of nitrogens with zero attached hydrogens (tertiary/aromatic N) is 2. The lowest BCUT2D eigenvalue weighted by atomic mass is 9.80. The molecule has 1 atom stereocenters. The van der Waals surface area contributed by atoms with E-state index in [1.165, 1.54) is 18.0 Å². The van der Waals surface area contributed by atoms with Crippen molar-refractivity contribution in [3.8, 4) is 11.1 Å². The van der Waals surface area contributed by atoms with E-state index in [-0.39, 0.29) is 12.4 Å². The van der Waals surface area contributed by atoms with Gasteiger partial charge in [0.25, 0.3) is 6.02 Å². The van der Waals surface area contributed by atoms with Gasteiger partial charge in [-0.1, -0.05) is 17.7 Å². The average molecular weight is 382 g/mol. The fourth-order valence-electron chi connectivity index (χ4n) is 3.25. The number of hydrogen-bond acceptors (Lipinski definition) is 5. The molecule has 0 aliphatic carbocycles. The zero-order valence-electron chi connectivity index (χ0n) is 13.0. The summed E-state index contributed by atoms with van der Waals surface area (Å²) in [6.07, 6.45) is 3.37. The highest BCUT2D eigenvalue weighted by atomic mass is 35.5. The molecule has 2 aliphatic rings. The van der Waals surface area contributed by atoms with Crippen molar-refractivity contribution < 1.29 is 13.5 Å². The van der Waals surface area contributed by atoms with E-state index in [1.807, 2.05) is 12.1 Å². The van der Waals surface area contributed by atoms with Crippen LogP contribution in [0.3, 0.4) is 0 Å². The summed E-state index contributed by atoms with van der Waals surface area (Å²) in [7, 11) is 0. The summed E-state index contributed by atoms with van der Waals surface area (Å²) < 4.78 is 34.5. The quantitative estimate of drug-likeness (QED) is 0.808. The maximum Gasteiger partial charge on any atom is 0.310 e. The number of hydrogen-bond donors (Lipinski definition) is 1. The van der Waals surface area contributed by atoms with Crippen LogP contribution in [0, 0.1) is 0 Å². The molecule has 4 nitrogen and oxygen atoms in total. The zero-order valence-corrected chi connectivity index (χ0v) is 14.6. The lowest BCUT2D eigenvalue weighted by Crippen LogP contribution is -2.54. The molecule has 4 rings (SSSR count). The van der Waals surface area contributed by atoms with Crippen LogP contribution in [0.1, 0.15) is 12.0 Å². The van der Waals surface area contributed by atoms with Gasteiger partial charge in [-0.05, 0) is 30.2 Å². The Bertz CT molecular complexity index is 877. The maximum absolute atomic E-state index is 14.9. The Morgan fingerprint density at radius 1 is 1.20 bits per heavy atom. The lowest BCUT2D eigenvalue weighted by molar-refractivity contribution is -0.124. The van der Waals surface area contributed by atoms with Crippen molar-refractivity contribution in [3.05, 3.63) is 47.2 Å². The number of rotatable bonds is 1. The third kappa shape index (κ3) is 2.66. The molecule has 0 saturated heterocycles. The number of alkyl halides is 2. The monoisotopic (exact) mass is 381 g/mol. The maximum atomic E-state index is 14.9. The van der Waals surface area contributed by atoms with E-state index in [0.29, 0.717) is 16.3 Å². The topological polar surface area (TPSA) is 60.5 Å². The van der Waals surface area contributed by atoms with Crippen molar-refractivity contribution in [2.45, 2.75) is 22.8 Å². The highest BCUT2D eigenvalue weighted by molar-refractivity contribution is 7.99. The highest BCUT2D eigenvalue weighted by Gasteiger charge is 2.59. The molecule has 1 aromatic carbocycles. The first kappa shape index (κ1) is 16.6. The molecule has 1 aromatic heterocycles. The van der Waals surface area contributed by atoms with Gasteiger partial charge in [0.15, 0.2) is 12.1 Å². The summed E-state index contributed by atoms with van der Waals surface area (Å²) in [5.41, 5.74) is 5.94. The van der Waals surface area contributed by atoms with Gasteiger partial charge in [0.05, 0.1) is 5.02 Å². The van der Waals surface area contributed by atoms with Crippen LogP contribution in [0.25, 0.3) is 11.1 Å². The lowest BCUT2D eigenvalue weighted by Gasteiger charge is -2.43. The second-order valence-corrected chi connectivity index (χ2v) is 7.58. The number of aromatic nitrogens is 1. The number of ether oxygens (including phenoxy) is 1. The minimum Gasteiger partial charge on any atom is -0.459 e. The Morgan fingerprint density at radius 3 is 2.84 bits per heavy atom. The smallest absolute Gasteiger partial charge is 0.310 e. The van der Waals surface area contributed by atoms with E-state index in [1.54, 1.807) is 18.3 Å². The molecule has 2 aliphatic heterocycles. The molecule has 0 radical (unpaired) electrons. The van der Waals surface area contributed by atoms with Crippen molar-refractivity contribution in [3.63, 3.8) is 0 Å². The van der Waals surface area contributed by atoms with Crippen molar-refractivity contribution in [1.29, 1.82) is 0 Å². The molecule has 0 bridgehead atoms. The average Bonchev–Trinajstić information content (AvgIpc) is 2.59. The Balaban J connectivity index is 1.91. The van der Waals surface area contributed by atoms with Crippen LogP contribution in [0.15, 0.2) is 46.5 Å². The highest BCUT2D eigenvalue weighted by Crippen LogP contribution is 2.53. The predicted molar refractivity (Wildman–Crippen MR) is 94.2 cm³/mol. The third-order valence-electron chi connectivity index (χ3n) is 4.49. The molecule has 3 heterocycles. The summed E-state index contributed by atoms with van der Waals surface area (Å²) in [5.74, 6) is -2.60. The largest absolute Gasteiger partial charge is 0.459 e. The van der Waals surface area contributed by atoms with Gasteiger partial charge in [-0.25, -0.2) is 4.99 Å². The van der Waals surface area contributed by atoms with Crippen LogP contribution in [0.5, 0.6) is 0 Å². The number of thioether (sulfide) groups is 1. The fourth-order valence-corrected chi connectivity index (χ4v) is 4.59. The number of amidine groups is 1. The van der Waals surface area contributed by atoms with Crippen LogP contribution < -0.4 is 5.73 Å². The SMILES string of the molecule is NC1=NC2(CCSc3ccc(-c4cncc(Cl)c4)cc32)C(F)(F)CO1. The molecule has 1 unspecified atom stereocenters. The van der Waals surface area contributed by atoms with Gasteiger partial charge in [0, 0.05) is 34.2 Å². The first-order valence-electron chi connectivity index (χ1n) is 7.65.